The van der Waals surface area contributed by atoms with Crippen LogP contribution in [0, 0.1) is 22.0 Å². The minimum Gasteiger partial charge on any atom is -0.378 e. The van der Waals surface area contributed by atoms with Gasteiger partial charge < -0.3 is 11.1 Å². The minimum atomic E-state index is -0.523. The number of nitrogens with one attached hydrogen (secondary N) is 1. The van der Waals surface area contributed by atoms with Crippen molar-refractivity contribution in [2.45, 2.75) is 45.6 Å². The molecule has 1 aromatic heterocycles. The molecule has 3 N–H and O–H groups in total. The number of nitro groups is 1. The van der Waals surface area contributed by atoms with Crippen molar-refractivity contribution in [2.24, 2.45) is 11.8 Å². The first kappa shape index (κ1) is 14.5. The van der Waals surface area contributed by atoms with Crippen LogP contribution in [0.1, 0.15) is 39.5 Å². The van der Waals surface area contributed by atoms with Crippen LogP contribution in [-0.2, 0) is 0 Å². The van der Waals surface area contributed by atoms with Crippen LogP contribution in [0.3, 0.4) is 0 Å². The van der Waals surface area contributed by atoms with Crippen LogP contribution in [0.15, 0.2) is 6.33 Å². The van der Waals surface area contributed by atoms with Gasteiger partial charge in [-0.1, -0.05) is 26.7 Å². The molecule has 110 valence electrons. The Kier molecular flexibility index (Phi) is 4.36. The van der Waals surface area contributed by atoms with Crippen LogP contribution in [0.2, 0.25) is 0 Å². The van der Waals surface area contributed by atoms with Crippen LogP contribution in [0.25, 0.3) is 0 Å². The van der Waals surface area contributed by atoms with Crippen molar-refractivity contribution < 1.29 is 4.92 Å². The number of rotatable bonds is 4. The fourth-order valence-corrected chi connectivity index (χ4v) is 2.99. The van der Waals surface area contributed by atoms with Gasteiger partial charge in [0.15, 0.2) is 0 Å². The zero-order valence-electron chi connectivity index (χ0n) is 11.9. The summed E-state index contributed by atoms with van der Waals surface area (Å²) in [5, 5.41) is 14.3. The molecule has 1 aliphatic rings. The van der Waals surface area contributed by atoms with Crippen molar-refractivity contribution in [1.29, 1.82) is 0 Å². The van der Waals surface area contributed by atoms with Gasteiger partial charge in [-0.05, 0) is 24.7 Å². The summed E-state index contributed by atoms with van der Waals surface area (Å²) in [4.78, 5) is 18.3. The number of hydrogen-bond donors (Lipinski definition) is 2. The second kappa shape index (κ2) is 6.02. The molecule has 1 heterocycles. The molecule has 1 fully saturated rings. The second-order valence-electron chi connectivity index (χ2n) is 5.66. The lowest BCUT2D eigenvalue weighted by Gasteiger charge is -2.35. The Hall–Kier alpha value is -1.92. The molecule has 1 aliphatic carbocycles. The normalized spacial score (nSPS) is 22.8. The molecular weight excluding hydrogens is 258 g/mol. The van der Waals surface area contributed by atoms with Gasteiger partial charge in [-0.15, -0.1) is 0 Å². The summed E-state index contributed by atoms with van der Waals surface area (Å²) < 4.78 is 0. The van der Waals surface area contributed by atoms with Gasteiger partial charge in [-0.3, -0.25) is 10.1 Å². The van der Waals surface area contributed by atoms with Gasteiger partial charge in [0, 0.05) is 6.04 Å². The highest BCUT2D eigenvalue weighted by Crippen LogP contribution is 2.34. The van der Waals surface area contributed by atoms with E-state index in [-0.39, 0.29) is 23.4 Å². The van der Waals surface area contributed by atoms with E-state index in [1.165, 1.54) is 12.7 Å². The number of aromatic nitrogens is 2. The van der Waals surface area contributed by atoms with Crippen LogP contribution in [0.4, 0.5) is 17.3 Å². The highest BCUT2D eigenvalue weighted by molar-refractivity contribution is 5.67. The molecule has 7 nitrogen and oxygen atoms in total. The quantitative estimate of drug-likeness (QED) is 0.648. The molecule has 2 unspecified atom stereocenters. The zero-order valence-corrected chi connectivity index (χ0v) is 11.9. The average molecular weight is 279 g/mol. The first-order valence-electron chi connectivity index (χ1n) is 7.02. The Morgan fingerprint density at radius 1 is 1.40 bits per heavy atom. The second-order valence-corrected chi connectivity index (χ2v) is 5.66. The number of anilines is 2. The van der Waals surface area contributed by atoms with Gasteiger partial charge in [0.25, 0.3) is 0 Å². The van der Waals surface area contributed by atoms with Gasteiger partial charge in [0.1, 0.15) is 6.33 Å². The fraction of sp³-hybridized carbons (Fsp3) is 0.692. The Bertz CT molecular complexity index is 492. The molecule has 0 saturated heterocycles. The SMILES string of the molecule is CC(C)C1CCCCC1Nc1ncnc(N)c1[N+](=O)[O-]. The first-order chi connectivity index (χ1) is 9.50. The standard InChI is InChI=1S/C13H21N5O2/c1-8(2)9-5-3-4-6-10(9)17-13-11(18(19)20)12(14)15-7-16-13/h7-10H,3-6H2,1-2H3,(H3,14,15,16,17). The van der Waals surface area contributed by atoms with Gasteiger partial charge in [0.05, 0.1) is 4.92 Å². The van der Waals surface area contributed by atoms with Crippen molar-refractivity contribution in [3.05, 3.63) is 16.4 Å². The Labute approximate surface area is 118 Å². The lowest BCUT2D eigenvalue weighted by molar-refractivity contribution is -0.383. The fourth-order valence-electron chi connectivity index (χ4n) is 2.99. The van der Waals surface area contributed by atoms with Crippen LogP contribution in [-0.4, -0.2) is 20.9 Å². The lowest BCUT2D eigenvalue weighted by atomic mass is 9.78. The zero-order chi connectivity index (χ0) is 14.7. The monoisotopic (exact) mass is 279 g/mol. The minimum absolute atomic E-state index is 0.0931. The van der Waals surface area contributed by atoms with Crippen LogP contribution in [0.5, 0.6) is 0 Å². The maximum atomic E-state index is 11.1. The number of nitrogen functional groups attached to an aromatic ring is 1. The highest BCUT2D eigenvalue weighted by Gasteiger charge is 2.30. The van der Waals surface area contributed by atoms with Gasteiger partial charge in [-0.25, -0.2) is 9.97 Å². The summed E-state index contributed by atoms with van der Waals surface area (Å²) in [5.41, 5.74) is 5.37. The van der Waals surface area contributed by atoms with E-state index in [4.69, 9.17) is 5.73 Å². The number of hydrogen-bond acceptors (Lipinski definition) is 6. The number of nitrogens with zero attached hydrogens (tertiary/aromatic N) is 3. The van der Waals surface area contributed by atoms with Gasteiger partial charge >= 0.3 is 5.69 Å². The maximum Gasteiger partial charge on any atom is 0.352 e. The molecule has 0 bridgehead atoms. The maximum absolute atomic E-state index is 11.1. The smallest absolute Gasteiger partial charge is 0.352 e. The van der Waals surface area contributed by atoms with E-state index in [2.05, 4.69) is 29.1 Å². The van der Waals surface area contributed by atoms with Crippen LogP contribution < -0.4 is 11.1 Å². The van der Waals surface area contributed by atoms with Crippen molar-refractivity contribution in [3.63, 3.8) is 0 Å². The van der Waals surface area contributed by atoms with E-state index < -0.39 is 4.92 Å². The Balaban J connectivity index is 2.24. The molecule has 1 aromatic rings. The van der Waals surface area contributed by atoms with Crippen molar-refractivity contribution in [3.8, 4) is 0 Å². The van der Waals surface area contributed by atoms with Crippen molar-refractivity contribution >= 4 is 17.3 Å². The predicted molar refractivity (Wildman–Crippen MR) is 77.3 cm³/mol. The molecule has 2 atom stereocenters. The summed E-state index contributed by atoms with van der Waals surface area (Å²) in [6.07, 6.45) is 5.76. The van der Waals surface area contributed by atoms with E-state index in [0.29, 0.717) is 11.8 Å². The molecule has 7 heteroatoms. The third-order valence-electron chi connectivity index (χ3n) is 4.03. The summed E-state index contributed by atoms with van der Waals surface area (Å²) in [7, 11) is 0. The topological polar surface area (TPSA) is 107 Å². The van der Waals surface area contributed by atoms with E-state index in [1.54, 1.807) is 0 Å². The summed E-state index contributed by atoms with van der Waals surface area (Å²) in [5.74, 6) is 1.18. The van der Waals surface area contributed by atoms with E-state index in [1.807, 2.05) is 0 Å². The third-order valence-corrected chi connectivity index (χ3v) is 4.03. The first-order valence-corrected chi connectivity index (χ1v) is 7.02. The molecule has 0 amide bonds. The van der Waals surface area contributed by atoms with Gasteiger partial charge in [0.2, 0.25) is 11.6 Å². The molecule has 0 spiro atoms. The lowest BCUT2D eigenvalue weighted by Crippen LogP contribution is -2.35. The average Bonchev–Trinajstić information content (AvgIpc) is 2.38. The van der Waals surface area contributed by atoms with Crippen molar-refractivity contribution in [1.82, 2.24) is 9.97 Å². The molecule has 20 heavy (non-hydrogen) atoms. The molecule has 0 radical (unpaired) electrons. The molecule has 1 saturated carbocycles. The Morgan fingerprint density at radius 2 is 2.10 bits per heavy atom. The van der Waals surface area contributed by atoms with E-state index in [0.717, 1.165) is 19.3 Å². The Morgan fingerprint density at radius 3 is 2.75 bits per heavy atom. The summed E-state index contributed by atoms with van der Waals surface area (Å²) in [6, 6.07) is 0.205. The largest absolute Gasteiger partial charge is 0.378 e. The molecular formula is C13H21N5O2. The highest BCUT2D eigenvalue weighted by atomic mass is 16.6. The van der Waals surface area contributed by atoms with E-state index in [9.17, 15) is 10.1 Å². The van der Waals surface area contributed by atoms with Gasteiger partial charge in [-0.2, -0.15) is 0 Å². The summed E-state index contributed by atoms with van der Waals surface area (Å²) >= 11 is 0. The third kappa shape index (κ3) is 2.97. The molecule has 0 aromatic carbocycles. The molecule has 0 aliphatic heterocycles. The predicted octanol–water partition coefficient (Wildman–Crippen LogP) is 2.59. The van der Waals surface area contributed by atoms with Crippen LogP contribution >= 0.6 is 0 Å². The summed E-state index contributed by atoms with van der Waals surface area (Å²) in [6.45, 7) is 4.38. The molecule has 2 rings (SSSR count). The van der Waals surface area contributed by atoms with Crippen molar-refractivity contribution in [2.75, 3.05) is 11.1 Å². The van der Waals surface area contributed by atoms with E-state index >= 15 is 0 Å². The number of nitrogens with two attached hydrogens (primary N) is 1.